The molecule has 28 heavy (non-hydrogen) atoms. The molecule has 3 rings (SSSR count). The molecule has 0 aliphatic carbocycles. The van der Waals surface area contributed by atoms with Crippen molar-refractivity contribution in [1.29, 1.82) is 0 Å². The van der Waals surface area contributed by atoms with Crippen LogP contribution in [0, 0.1) is 5.82 Å². The second-order valence-electron chi connectivity index (χ2n) is 6.13. The van der Waals surface area contributed by atoms with Crippen molar-refractivity contribution in [3.8, 4) is 11.1 Å². The fourth-order valence-electron chi connectivity index (χ4n) is 2.93. The summed E-state index contributed by atoms with van der Waals surface area (Å²) >= 11 is 0. The van der Waals surface area contributed by atoms with Crippen molar-refractivity contribution in [1.82, 2.24) is 0 Å². The van der Waals surface area contributed by atoms with Crippen LogP contribution in [0.1, 0.15) is 11.1 Å². The van der Waals surface area contributed by atoms with Crippen molar-refractivity contribution in [2.75, 3.05) is 0 Å². The summed E-state index contributed by atoms with van der Waals surface area (Å²) in [6.07, 6.45) is 0.410. The minimum atomic E-state index is -4.84. The van der Waals surface area contributed by atoms with Crippen molar-refractivity contribution >= 4 is 20.1 Å². The Balaban J connectivity index is 2.27. The zero-order chi connectivity index (χ0) is 20.5. The number of hydrogen-bond acceptors (Lipinski definition) is 4. The van der Waals surface area contributed by atoms with E-state index >= 15 is 0 Å². The third-order valence-electron chi connectivity index (χ3n) is 4.12. The molecular weight excluding hydrogens is 405 g/mol. The second-order valence-corrected chi connectivity index (χ2v) is 9.05. The molecule has 3 aromatic rings. The molecule has 3 N–H and O–H groups in total. The molecule has 0 radical (unpaired) electrons. The van der Waals surface area contributed by atoms with Crippen LogP contribution in [-0.2, 0) is 26.6 Å². The molecule has 0 aliphatic rings. The van der Waals surface area contributed by atoms with E-state index in [1.54, 1.807) is 0 Å². The van der Waals surface area contributed by atoms with Gasteiger partial charge in [-0.3, -0.25) is 4.55 Å². The molecule has 0 saturated heterocycles. The maximum atomic E-state index is 14.6. The first kappa shape index (κ1) is 20.2. The fourth-order valence-corrected chi connectivity index (χ4v) is 4.50. The molecule has 0 heterocycles. The number of nitrogens with two attached hydrogens (primary N) is 1. The van der Waals surface area contributed by atoms with Gasteiger partial charge in [0.25, 0.3) is 10.1 Å². The van der Waals surface area contributed by atoms with Gasteiger partial charge in [0.1, 0.15) is 10.7 Å². The van der Waals surface area contributed by atoms with E-state index in [4.69, 9.17) is 5.14 Å². The summed E-state index contributed by atoms with van der Waals surface area (Å²) in [5.74, 6) is -0.849. The van der Waals surface area contributed by atoms with Crippen molar-refractivity contribution in [3.05, 3.63) is 83.7 Å². The molecule has 0 unspecified atom stereocenters. The van der Waals surface area contributed by atoms with E-state index in [2.05, 4.69) is 0 Å². The van der Waals surface area contributed by atoms with Gasteiger partial charge in [-0.1, -0.05) is 42.5 Å². The predicted molar refractivity (Wildman–Crippen MR) is 102 cm³/mol. The predicted octanol–water partition coefficient (Wildman–Crippen LogP) is 2.98. The van der Waals surface area contributed by atoms with Gasteiger partial charge in [-0.25, -0.2) is 17.9 Å². The van der Waals surface area contributed by atoms with E-state index < -0.39 is 41.3 Å². The van der Waals surface area contributed by atoms with Crippen LogP contribution in [-0.4, -0.2) is 21.4 Å². The van der Waals surface area contributed by atoms with E-state index in [-0.39, 0.29) is 5.56 Å². The third-order valence-corrected chi connectivity index (χ3v) is 5.97. The number of halogens is 1. The Bertz CT molecular complexity index is 1190. The zero-order valence-corrected chi connectivity index (χ0v) is 16.0. The molecule has 0 fully saturated rings. The molecule has 146 valence electrons. The van der Waals surface area contributed by atoms with Gasteiger partial charge in [0, 0.05) is 11.1 Å². The molecule has 0 aromatic heterocycles. The highest BCUT2D eigenvalue weighted by Gasteiger charge is 2.26. The lowest BCUT2D eigenvalue weighted by Gasteiger charge is -2.14. The highest BCUT2D eigenvalue weighted by atomic mass is 32.2. The Morgan fingerprint density at radius 1 is 0.821 bits per heavy atom. The largest absolute Gasteiger partial charge is 0.295 e. The number of primary sulfonamides is 1. The van der Waals surface area contributed by atoms with E-state index in [1.165, 1.54) is 12.1 Å². The summed E-state index contributed by atoms with van der Waals surface area (Å²) < 4.78 is 71.7. The monoisotopic (exact) mass is 421 g/mol. The van der Waals surface area contributed by atoms with Crippen molar-refractivity contribution in [3.63, 3.8) is 0 Å². The topological polar surface area (TPSA) is 115 Å². The lowest BCUT2D eigenvalue weighted by Crippen LogP contribution is -2.15. The van der Waals surface area contributed by atoms with Crippen molar-refractivity contribution in [2.24, 2.45) is 5.14 Å². The number of sulfonamides is 1. The van der Waals surface area contributed by atoms with E-state index in [0.29, 0.717) is 12.0 Å². The molecule has 0 aliphatic heterocycles. The Hall–Kier alpha value is -2.59. The van der Waals surface area contributed by atoms with Gasteiger partial charge in [-0.05, 0) is 41.8 Å². The summed E-state index contributed by atoms with van der Waals surface area (Å²) in [7, 11) is -9.23. The first-order valence-corrected chi connectivity index (χ1v) is 11.0. The average Bonchev–Trinajstić information content (AvgIpc) is 2.62. The van der Waals surface area contributed by atoms with Gasteiger partial charge >= 0.3 is 0 Å². The van der Waals surface area contributed by atoms with Crippen LogP contribution in [0.4, 0.5) is 4.39 Å². The van der Waals surface area contributed by atoms with Crippen LogP contribution in [0.2, 0.25) is 0 Å². The Morgan fingerprint density at radius 2 is 1.46 bits per heavy atom. The third kappa shape index (κ3) is 4.28. The highest BCUT2D eigenvalue weighted by molar-refractivity contribution is 7.89. The van der Waals surface area contributed by atoms with Crippen molar-refractivity contribution in [2.45, 2.75) is 16.2 Å². The summed E-state index contributed by atoms with van der Waals surface area (Å²) in [4.78, 5) is -1.34. The highest BCUT2D eigenvalue weighted by Crippen LogP contribution is 2.35. The normalized spacial score (nSPS) is 12.1. The van der Waals surface area contributed by atoms with Gasteiger partial charge in [0.05, 0.1) is 4.90 Å². The van der Waals surface area contributed by atoms with Crippen LogP contribution in [0.25, 0.3) is 11.1 Å². The Kier molecular flexibility index (Phi) is 5.35. The van der Waals surface area contributed by atoms with Crippen LogP contribution < -0.4 is 5.14 Å². The average molecular weight is 421 g/mol. The lowest BCUT2D eigenvalue weighted by atomic mass is 9.98. The van der Waals surface area contributed by atoms with Crippen LogP contribution in [0.15, 0.2) is 76.5 Å². The van der Waals surface area contributed by atoms with Crippen molar-refractivity contribution < 1.29 is 25.8 Å². The maximum absolute atomic E-state index is 14.6. The molecule has 0 saturated carbocycles. The Labute approximate surface area is 162 Å². The van der Waals surface area contributed by atoms with Gasteiger partial charge in [-0.2, -0.15) is 8.42 Å². The summed E-state index contributed by atoms with van der Waals surface area (Å²) in [6.45, 7) is 0. The molecule has 0 amide bonds. The smallest absolute Gasteiger partial charge is 0.282 e. The maximum Gasteiger partial charge on any atom is 0.295 e. The molecule has 0 bridgehead atoms. The minimum absolute atomic E-state index is 0.286. The van der Waals surface area contributed by atoms with E-state index in [1.807, 2.05) is 30.3 Å². The quantitative estimate of drug-likeness (QED) is 0.615. The second kappa shape index (κ2) is 7.44. The van der Waals surface area contributed by atoms with Gasteiger partial charge in [0.2, 0.25) is 10.0 Å². The fraction of sp³-hybridized carbons (Fsp3) is 0.0526. The van der Waals surface area contributed by atoms with Gasteiger partial charge in [-0.15, -0.1) is 0 Å². The first-order valence-electron chi connectivity index (χ1n) is 8.03. The standard InChI is InChI=1S/C19H16FNO5S2/c20-16-10-9-14(11-13-5-2-1-3-6-13)12-15(16)19-17(27(21,22)23)7-4-8-18(19)28(24,25)26/h1-10,12H,11H2,(H2,21,22,23)(H,24,25,26). The minimum Gasteiger partial charge on any atom is -0.282 e. The zero-order valence-electron chi connectivity index (χ0n) is 14.4. The van der Waals surface area contributed by atoms with Crippen LogP contribution >= 0.6 is 0 Å². The van der Waals surface area contributed by atoms with Gasteiger partial charge < -0.3 is 0 Å². The van der Waals surface area contributed by atoms with Gasteiger partial charge in [0.15, 0.2) is 0 Å². The van der Waals surface area contributed by atoms with E-state index in [9.17, 15) is 25.8 Å². The molecule has 0 atom stereocenters. The van der Waals surface area contributed by atoms with Crippen LogP contribution in [0.3, 0.4) is 0 Å². The molecule has 3 aromatic carbocycles. The molecule has 6 nitrogen and oxygen atoms in total. The molecule has 0 spiro atoms. The number of hydrogen-bond donors (Lipinski definition) is 2. The summed E-state index contributed by atoms with van der Waals surface area (Å²) in [5.41, 5.74) is 0.758. The first-order chi connectivity index (χ1) is 13.1. The molecule has 9 heteroatoms. The SMILES string of the molecule is NS(=O)(=O)c1cccc(S(=O)(=O)O)c1-c1cc(Cc2ccccc2)ccc1F. The van der Waals surface area contributed by atoms with Crippen LogP contribution in [0.5, 0.6) is 0 Å². The summed E-state index contributed by atoms with van der Waals surface area (Å²) in [5, 5.41) is 5.19. The molecular formula is C19H16FNO5S2. The Morgan fingerprint density at radius 3 is 2.07 bits per heavy atom. The lowest BCUT2D eigenvalue weighted by molar-refractivity contribution is 0.483. The summed E-state index contributed by atoms with van der Waals surface area (Å²) in [6, 6.07) is 16.4. The van der Waals surface area contributed by atoms with E-state index in [0.717, 1.165) is 29.8 Å². The number of benzene rings is 3. The number of rotatable bonds is 5.